The highest BCUT2D eigenvalue weighted by Crippen LogP contribution is 2.29. The molecule has 0 fully saturated rings. The molecule has 0 saturated heterocycles. The van der Waals surface area contributed by atoms with Crippen LogP contribution < -0.4 is 10.1 Å². The number of anilines is 1. The van der Waals surface area contributed by atoms with Crippen LogP contribution in [0.1, 0.15) is 0 Å². The maximum Gasteiger partial charge on any atom is 0.143 e. The number of halogens is 2. The van der Waals surface area contributed by atoms with Gasteiger partial charge in [0.2, 0.25) is 0 Å². The van der Waals surface area contributed by atoms with E-state index in [-0.39, 0.29) is 5.82 Å². The first-order valence-electron chi connectivity index (χ1n) is 3.40. The van der Waals surface area contributed by atoms with Gasteiger partial charge < -0.3 is 10.1 Å². The maximum atomic E-state index is 12.9. The SMILES string of the molecule is CNc1cc(F)c(Br)cc1OC. The number of benzene rings is 1. The van der Waals surface area contributed by atoms with E-state index in [1.165, 1.54) is 6.07 Å². The Labute approximate surface area is 78.9 Å². The first kappa shape index (κ1) is 9.32. The predicted molar refractivity (Wildman–Crippen MR) is 50.2 cm³/mol. The molecule has 0 aliphatic carbocycles. The molecule has 0 amide bonds. The van der Waals surface area contributed by atoms with Crippen LogP contribution in [0.5, 0.6) is 5.75 Å². The second kappa shape index (κ2) is 3.76. The van der Waals surface area contributed by atoms with Crippen LogP contribution in [-0.2, 0) is 0 Å². The zero-order chi connectivity index (χ0) is 9.14. The smallest absolute Gasteiger partial charge is 0.143 e. The molecule has 2 nitrogen and oxygen atoms in total. The lowest BCUT2D eigenvalue weighted by atomic mass is 10.3. The van der Waals surface area contributed by atoms with Gasteiger partial charge in [0.1, 0.15) is 11.6 Å². The molecule has 0 aliphatic heterocycles. The third-order valence-corrected chi connectivity index (χ3v) is 2.12. The molecule has 0 unspecified atom stereocenters. The molecule has 0 radical (unpaired) electrons. The topological polar surface area (TPSA) is 21.3 Å². The molecule has 12 heavy (non-hydrogen) atoms. The molecular weight excluding hydrogens is 225 g/mol. The number of methoxy groups -OCH3 is 1. The number of rotatable bonds is 2. The zero-order valence-electron chi connectivity index (χ0n) is 6.82. The Balaban J connectivity index is 3.19. The minimum Gasteiger partial charge on any atom is -0.495 e. The fourth-order valence-electron chi connectivity index (χ4n) is 0.893. The van der Waals surface area contributed by atoms with Crippen molar-refractivity contribution in [2.45, 2.75) is 0 Å². The van der Waals surface area contributed by atoms with Crippen LogP contribution in [-0.4, -0.2) is 14.2 Å². The van der Waals surface area contributed by atoms with E-state index in [4.69, 9.17) is 4.74 Å². The Morgan fingerprint density at radius 2 is 2.17 bits per heavy atom. The Hall–Kier alpha value is -0.770. The molecule has 4 heteroatoms. The minimum atomic E-state index is -0.305. The summed E-state index contributed by atoms with van der Waals surface area (Å²) in [6.07, 6.45) is 0. The fraction of sp³-hybridized carbons (Fsp3) is 0.250. The van der Waals surface area contributed by atoms with Crippen molar-refractivity contribution in [1.29, 1.82) is 0 Å². The lowest BCUT2D eigenvalue weighted by Crippen LogP contribution is -1.94. The fourth-order valence-corrected chi connectivity index (χ4v) is 1.22. The van der Waals surface area contributed by atoms with E-state index in [9.17, 15) is 4.39 Å². The van der Waals surface area contributed by atoms with Crippen molar-refractivity contribution in [2.75, 3.05) is 19.5 Å². The van der Waals surface area contributed by atoms with Crippen molar-refractivity contribution in [3.8, 4) is 5.75 Å². The summed E-state index contributed by atoms with van der Waals surface area (Å²) in [6.45, 7) is 0. The molecule has 0 bridgehead atoms. The van der Waals surface area contributed by atoms with E-state index in [1.54, 1.807) is 20.2 Å². The largest absolute Gasteiger partial charge is 0.495 e. The van der Waals surface area contributed by atoms with Gasteiger partial charge in [-0.25, -0.2) is 4.39 Å². The summed E-state index contributed by atoms with van der Waals surface area (Å²) in [5.74, 6) is 0.311. The Kier molecular flexibility index (Phi) is 2.92. The molecule has 0 heterocycles. The van der Waals surface area contributed by atoms with Gasteiger partial charge in [0, 0.05) is 13.1 Å². The Morgan fingerprint density at radius 1 is 1.50 bits per heavy atom. The summed E-state index contributed by atoms with van der Waals surface area (Å²) in [6, 6.07) is 2.96. The van der Waals surface area contributed by atoms with Gasteiger partial charge in [-0.1, -0.05) is 0 Å². The van der Waals surface area contributed by atoms with E-state index >= 15 is 0 Å². The molecule has 0 aliphatic rings. The average Bonchev–Trinajstić information content (AvgIpc) is 2.09. The number of hydrogen-bond acceptors (Lipinski definition) is 2. The average molecular weight is 234 g/mol. The van der Waals surface area contributed by atoms with Gasteiger partial charge in [0.05, 0.1) is 17.3 Å². The second-order valence-corrected chi connectivity index (χ2v) is 3.07. The quantitative estimate of drug-likeness (QED) is 0.849. The third-order valence-electron chi connectivity index (χ3n) is 1.51. The van der Waals surface area contributed by atoms with E-state index in [0.717, 1.165) is 0 Å². The highest BCUT2D eigenvalue weighted by atomic mass is 79.9. The third kappa shape index (κ3) is 1.69. The van der Waals surface area contributed by atoms with Gasteiger partial charge in [-0.15, -0.1) is 0 Å². The van der Waals surface area contributed by atoms with Gasteiger partial charge in [-0.05, 0) is 22.0 Å². The van der Waals surface area contributed by atoms with Crippen LogP contribution in [0.3, 0.4) is 0 Å². The van der Waals surface area contributed by atoms with Crippen molar-refractivity contribution in [3.63, 3.8) is 0 Å². The number of hydrogen-bond donors (Lipinski definition) is 1. The van der Waals surface area contributed by atoms with Crippen molar-refractivity contribution >= 4 is 21.6 Å². The van der Waals surface area contributed by atoms with Crippen molar-refractivity contribution < 1.29 is 9.13 Å². The molecule has 1 aromatic rings. The lowest BCUT2D eigenvalue weighted by Gasteiger charge is -2.08. The normalized spacial score (nSPS) is 9.67. The summed E-state index contributed by atoms with van der Waals surface area (Å²) >= 11 is 3.07. The molecule has 0 aromatic heterocycles. The van der Waals surface area contributed by atoms with Crippen LogP contribution >= 0.6 is 15.9 Å². The van der Waals surface area contributed by atoms with E-state index in [2.05, 4.69) is 21.2 Å². The van der Waals surface area contributed by atoms with Crippen molar-refractivity contribution in [2.24, 2.45) is 0 Å². The van der Waals surface area contributed by atoms with Gasteiger partial charge in [-0.3, -0.25) is 0 Å². The second-order valence-electron chi connectivity index (χ2n) is 2.22. The number of nitrogens with one attached hydrogen (secondary N) is 1. The van der Waals surface area contributed by atoms with Crippen LogP contribution in [0.4, 0.5) is 10.1 Å². The summed E-state index contributed by atoms with van der Waals surface area (Å²) < 4.78 is 18.4. The Bertz CT molecular complexity index is 262. The van der Waals surface area contributed by atoms with E-state index in [1.807, 2.05) is 0 Å². The first-order chi connectivity index (χ1) is 5.69. The highest BCUT2D eigenvalue weighted by molar-refractivity contribution is 9.10. The van der Waals surface area contributed by atoms with Gasteiger partial charge in [0.25, 0.3) is 0 Å². The Morgan fingerprint density at radius 3 is 2.67 bits per heavy atom. The van der Waals surface area contributed by atoms with E-state index in [0.29, 0.717) is 15.9 Å². The zero-order valence-corrected chi connectivity index (χ0v) is 8.40. The summed E-state index contributed by atoms with van der Waals surface area (Å²) in [7, 11) is 3.26. The maximum absolute atomic E-state index is 12.9. The molecule has 1 aromatic carbocycles. The highest BCUT2D eigenvalue weighted by Gasteiger charge is 2.06. The number of ether oxygens (including phenoxy) is 1. The monoisotopic (exact) mass is 233 g/mol. The first-order valence-corrected chi connectivity index (χ1v) is 4.19. The van der Waals surface area contributed by atoms with Crippen molar-refractivity contribution in [3.05, 3.63) is 22.4 Å². The van der Waals surface area contributed by atoms with Crippen molar-refractivity contribution in [1.82, 2.24) is 0 Å². The molecular formula is C8H9BrFNO. The molecule has 0 saturated carbocycles. The summed E-state index contributed by atoms with van der Waals surface area (Å²) in [5, 5.41) is 2.83. The van der Waals surface area contributed by atoms with Crippen LogP contribution in [0.15, 0.2) is 16.6 Å². The summed E-state index contributed by atoms with van der Waals surface area (Å²) in [4.78, 5) is 0. The summed E-state index contributed by atoms with van der Waals surface area (Å²) in [5.41, 5.74) is 0.637. The molecule has 66 valence electrons. The lowest BCUT2D eigenvalue weighted by molar-refractivity contribution is 0.415. The standard InChI is InChI=1S/C8H9BrFNO/c1-11-7-4-6(10)5(9)3-8(7)12-2/h3-4,11H,1-2H3. The molecule has 1 N–H and O–H groups in total. The van der Waals surface area contributed by atoms with Gasteiger partial charge >= 0.3 is 0 Å². The molecule has 1 rings (SSSR count). The van der Waals surface area contributed by atoms with Gasteiger partial charge in [-0.2, -0.15) is 0 Å². The minimum absolute atomic E-state index is 0.305. The van der Waals surface area contributed by atoms with Crippen LogP contribution in [0.25, 0.3) is 0 Å². The molecule has 0 atom stereocenters. The predicted octanol–water partition coefficient (Wildman–Crippen LogP) is 2.64. The van der Waals surface area contributed by atoms with Crippen LogP contribution in [0, 0.1) is 5.82 Å². The van der Waals surface area contributed by atoms with E-state index < -0.39 is 0 Å². The van der Waals surface area contributed by atoms with Crippen LogP contribution in [0.2, 0.25) is 0 Å². The van der Waals surface area contributed by atoms with Gasteiger partial charge in [0.15, 0.2) is 0 Å². The molecule has 0 spiro atoms.